The Morgan fingerprint density at radius 1 is 1.18 bits per heavy atom. The van der Waals surface area contributed by atoms with Gasteiger partial charge < -0.3 is 14.4 Å². The summed E-state index contributed by atoms with van der Waals surface area (Å²) in [4.78, 5) is 14.2. The Morgan fingerprint density at radius 3 is 2.55 bits per heavy atom. The molecule has 0 unspecified atom stereocenters. The zero-order valence-electron chi connectivity index (χ0n) is 13.5. The molecule has 0 bridgehead atoms. The monoisotopic (exact) mass is 303 g/mol. The van der Waals surface area contributed by atoms with Gasteiger partial charge in [-0.05, 0) is 37.5 Å². The molecule has 1 aliphatic rings. The Labute approximate surface area is 132 Å². The average molecular weight is 303 g/mol. The smallest absolute Gasteiger partial charge is 0.260 e. The number of hydrogen-bond acceptors (Lipinski definition) is 3. The van der Waals surface area contributed by atoms with Crippen LogP contribution >= 0.6 is 0 Å². The molecule has 1 amide bonds. The maximum absolute atomic E-state index is 12.2. The third kappa shape index (κ3) is 4.52. The zero-order chi connectivity index (χ0) is 15.8. The van der Waals surface area contributed by atoms with Crippen LogP contribution in [0, 0.1) is 0 Å². The van der Waals surface area contributed by atoms with Gasteiger partial charge in [0.15, 0.2) is 18.1 Å². The topological polar surface area (TPSA) is 38.8 Å². The summed E-state index contributed by atoms with van der Waals surface area (Å²) in [6.45, 7) is 3.73. The maximum Gasteiger partial charge on any atom is 0.260 e. The van der Waals surface area contributed by atoms with Gasteiger partial charge in [-0.2, -0.15) is 0 Å². The van der Waals surface area contributed by atoms with Crippen LogP contribution in [0.1, 0.15) is 38.2 Å². The molecule has 0 spiro atoms. The lowest BCUT2D eigenvalue weighted by Crippen LogP contribution is -2.35. The number of ether oxygens (including phenoxy) is 2. The highest BCUT2D eigenvalue weighted by atomic mass is 16.5. The predicted octanol–water partition coefficient (Wildman–Crippen LogP) is 3.51. The Kier molecular flexibility index (Phi) is 6.31. The first-order valence-electron chi connectivity index (χ1n) is 7.96. The fourth-order valence-electron chi connectivity index (χ4n) is 2.65. The molecule has 4 heteroatoms. The van der Waals surface area contributed by atoms with Crippen molar-refractivity contribution >= 4 is 12.0 Å². The minimum atomic E-state index is 0.0569. The van der Waals surface area contributed by atoms with Gasteiger partial charge in [0.05, 0.1) is 7.11 Å². The average Bonchev–Trinajstić information content (AvgIpc) is 2.82. The largest absolute Gasteiger partial charge is 0.493 e. The van der Waals surface area contributed by atoms with Gasteiger partial charge in [0.1, 0.15) is 0 Å². The number of benzene rings is 1. The number of carbonyl (C=O) groups excluding carboxylic acids is 1. The van der Waals surface area contributed by atoms with Gasteiger partial charge in [-0.3, -0.25) is 4.79 Å². The summed E-state index contributed by atoms with van der Waals surface area (Å²) in [7, 11) is 1.61. The van der Waals surface area contributed by atoms with E-state index in [0.29, 0.717) is 11.5 Å². The third-order valence-corrected chi connectivity index (χ3v) is 3.86. The summed E-state index contributed by atoms with van der Waals surface area (Å²) < 4.78 is 11.0. The van der Waals surface area contributed by atoms with Crippen molar-refractivity contribution in [2.75, 3.05) is 26.8 Å². The number of likely N-dealkylation sites (tertiary alicyclic amines) is 1. The highest BCUT2D eigenvalue weighted by Gasteiger charge is 2.16. The van der Waals surface area contributed by atoms with Crippen molar-refractivity contribution in [2.45, 2.75) is 32.6 Å². The number of nitrogens with zero attached hydrogens (tertiary/aromatic N) is 1. The van der Waals surface area contributed by atoms with Gasteiger partial charge in [0.2, 0.25) is 0 Å². The van der Waals surface area contributed by atoms with Gasteiger partial charge in [0, 0.05) is 13.1 Å². The Morgan fingerprint density at radius 2 is 1.91 bits per heavy atom. The van der Waals surface area contributed by atoms with E-state index in [2.05, 4.69) is 0 Å². The molecular formula is C18H25NO3. The summed E-state index contributed by atoms with van der Waals surface area (Å²) in [6, 6.07) is 5.71. The highest BCUT2D eigenvalue weighted by Crippen LogP contribution is 2.28. The number of methoxy groups -OCH3 is 1. The van der Waals surface area contributed by atoms with Crippen LogP contribution in [-0.2, 0) is 4.79 Å². The number of hydrogen-bond donors (Lipinski definition) is 0. The van der Waals surface area contributed by atoms with Crippen molar-refractivity contribution < 1.29 is 14.3 Å². The second kappa shape index (κ2) is 8.47. The summed E-state index contributed by atoms with van der Waals surface area (Å²) in [5.74, 6) is 1.32. The van der Waals surface area contributed by atoms with Crippen LogP contribution in [0.5, 0.6) is 11.5 Å². The SMILES string of the molecule is CC=Cc1ccc(OCC(=O)N2CCCCCC2)c(OC)c1. The van der Waals surface area contributed by atoms with Gasteiger partial charge in [-0.15, -0.1) is 0 Å². The molecule has 0 N–H and O–H groups in total. The fourth-order valence-corrected chi connectivity index (χ4v) is 2.65. The van der Waals surface area contributed by atoms with Gasteiger partial charge in [-0.1, -0.05) is 31.1 Å². The first kappa shape index (κ1) is 16.4. The number of rotatable bonds is 5. The minimum Gasteiger partial charge on any atom is -0.493 e. The van der Waals surface area contributed by atoms with Crippen molar-refractivity contribution in [3.05, 3.63) is 29.8 Å². The van der Waals surface area contributed by atoms with E-state index in [1.165, 1.54) is 12.8 Å². The lowest BCUT2D eigenvalue weighted by atomic mass is 10.2. The van der Waals surface area contributed by atoms with E-state index in [9.17, 15) is 4.79 Å². The number of allylic oxidation sites excluding steroid dienone is 1. The molecule has 120 valence electrons. The van der Waals surface area contributed by atoms with Crippen molar-refractivity contribution in [1.82, 2.24) is 4.90 Å². The molecule has 0 aromatic heterocycles. The van der Waals surface area contributed by atoms with E-state index in [1.54, 1.807) is 7.11 Å². The van der Waals surface area contributed by atoms with E-state index in [1.807, 2.05) is 42.2 Å². The van der Waals surface area contributed by atoms with Crippen LogP contribution in [0.4, 0.5) is 0 Å². The molecule has 0 atom stereocenters. The van der Waals surface area contributed by atoms with Crippen LogP contribution < -0.4 is 9.47 Å². The van der Waals surface area contributed by atoms with Crippen LogP contribution in [0.15, 0.2) is 24.3 Å². The van der Waals surface area contributed by atoms with Crippen molar-refractivity contribution in [1.29, 1.82) is 0 Å². The third-order valence-electron chi connectivity index (χ3n) is 3.86. The quantitative estimate of drug-likeness (QED) is 0.835. The number of amides is 1. The molecule has 1 heterocycles. The molecule has 2 rings (SSSR count). The molecule has 0 saturated carbocycles. The first-order chi connectivity index (χ1) is 10.7. The Bertz CT molecular complexity index is 517. The first-order valence-corrected chi connectivity index (χ1v) is 7.96. The molecule has 1 aromatic carbocycles. The van der Waals surface area contributed by atoms with Crippen molar-refractivity contribution in [2.24, 2.45) is 0 Å². The molecule has 1 aliphatic heterocycles. The second-order valence-corrected chi connectivity index (χ2v) is 5.49. The van der Waals surface area contributed by atoms with Crippen LogP contribution in [-0.4, -0.2) is 37.6 Å². The van der Waals surface area contributed by atoms with Crippen molar-refractivity contribution in [3.8, 4) is 11.5 Å². The highest BCUT2D eigenvalue weighted by molar-refractivity contribution is 5.78. The van der Waals surface area contributed by atoms with E-state index in [-0.39, 0.29) is 12.5 Å². The molecular weight excluding hydrogens is 278 g/mol. The molecule has 22 heavy (non-hydrogen) atoms. The van der Waals surface area contributed by atoms with E-state index < -0.39 is 0 Å². The van der Waals surface area contributed by atoms with E-state index >= 15 is 0 Å². The maximum atomic E-state index is 12.2. The van der Waals surface area contributed by atoms with Gasteiger partial charge >= 0.3 is 0 Å². The second-order valence-electron chi connectivity index (χ2n) is 5.49. The molecule has 1 aromatic rings. The molecule has 0 radical (unpaired) electrons. The summed E-state index contributed by atoms with van der Waals surface area (Å²) >= 11 is 0. The van der Waals surface area contributed by atoms with E-state index in [4.69, 9.17) is 9.47 Å². The van der Waals surface area contributed by atoms with Crippen LogP contribution in [0.3, 0.4) is 0 Å². The molecule has 0 aliphatic carbocycles. The Balaban J connectivity index is 1.96. The predicted molar refractivity (Wildman–Crippen MR) is 88.2 cm³/mol. The lowest BCUT2D eigenvalue weighted by molar-refractivity contribution is -0.133. The van der Waals surface area contributed by atoms with Crippen LogP contribution in [0.25, 0.3) is 6.08 Å². The summed E-state index contributed by atoms with van der Waals surface area (Å²) in [5, 5.41) is 0. The van der Waals surface area contributed by atoms with E-state index in [0.717, 1.165) is 31.5 Å². The van der Waals surface area contributed by atoms with Gasteiger partial charge in [0.25, 0.3) is 5.91 Å². The molecule has 1 saturated heterocycles. The molecule has 1 fully saturated rings. The van der Waals surface area contributed by atoms with Crippen molar-refractivity contribution in [3.63, 3.8) is 0 Å². The number of carbonyl (C=O) groups is 1. The zero-order valence-corrected chi connectivity index (χ0v) is 13.5. The Hall–Kier alpha value is -1.97. The summed E-state index contributed by atoms with van der Waals surface area (Å²) in [5.41, 5.74) is 1.05. The van der Waals surface area contributed by atoms with Crippen LogP contribution in [0.2, 0.25) is 0 Å². The standard InChI is InChI=1S/C18H25NO3/c1-3-8-15-9-10-16(17(13-15)21-2)22-14-18(20)19-11-6-4-5-7-12-19/h3,8-10,13H,4-7,11-12,14H2,1-2H3. The fraction of sp³-hybridized carbons (Fsp3) is 0.500. The van der Waals surface area contributed by atoms with Gasteiger partial charge in [-0.25, -0.2) is 0 Å². The molecule has 4 nitrogen and oxygen atoms in total. The lowest BCUT2D eigenvalue weighted by Gasteiger charge is -2.20. The minimum absolute atomic E-state index is 0.0569. The summed E-state index contributed by atoms with van der Waals surface area (Å²) in [6.07, 6.45) is 8.57. The normalized spacial score (nSPS) is 15.6.